The van der Waals surface area contributed by atoms with Crippen molar-refractivity contribution in [3.8, 4) is 5.75 Å². The maximum absolute atomic E-state index is 12.0. The molecule has 0 aliphatic heterocycles. The molecule has 0 aliphatic carbocycles. The molecule has 1 aromatic rings. The number of amides is 1. The largest absolute Gasteiger partial charge is 0.495 e. The minimum absolute atomic E-state index is 0.0165. The predicted molar refractivity (Wildman–Crippen MR) is 81.8 cm³/mol. The van der Waals surface area contributed by atoms with E-state index in [2.05, 4.69) is 26.6 Å². The summed E-state index contributed by atoms with van der Waals surface area (Å²) >= 11 is 3.41. The number of rotatable bonds is 6. The number of hydrogen-bond donors (Lipinski definition) is 2. The molecule has 5 heteroatoms. The smallest absolute Gasteiger partial charge is 0.226 e. The third-order valence-corrected chi connectivity index (χ3v) is 3.25. The predicted octanol–water partition coefficient (Wildman–Crippen LogP) is 3.09. The van der Waals surface area contributed by atoms with Crippen molar-refractivity contribution in [2.75, 3.05) is 19.0 Å². The lowest BCUT2D eigenvalue weighted by atomic mass is 10.1. The van der Waals surface area contributed by atoms with Crippen LogP contribution >= 0.6 is 15.9 Å². The molecule has 2 N–H and O–H groups in total. The van der Waals surface area contributed by atoms with Crippen molar-refractivity contribution < 1.29 is 9.53 Å². The van der Waals surface area contributed by atoms with Crippen LogP contribution in [0.3, 0.4) is 0 Å². The molecule has 1 aromatic carbocycles. The van der Waals surface area contributed by atoms with Crippen LogP contribution in [-0.4, -0.2) is 25.6 Å². The fourth-order valence-electron chi connectivity index (χ4n) is 1.92. The third-order valence-electron chi connectivity index (χ3n) is 2.79. The van der Waals surface area contributed by atoms with E-state index in [1.807, 2.05) is 32.9 Å². The monoisotopic (exact) mass is 328 g/mol. The Bertz CT molecular complexity index is 449. The number of carbonyl (C=O) groups is 1. The van der Waals surface area contributed by atoms with Gasteiger partial charge >= 0.3 is 0 Å². The molecular weight excluding hydrogens is 308 g/mol. The molecule has 1 amide bonds. The summed E-state index contributed by atoms with van der Waals surface area (Å²) in [6.45, 7) is 6.82. The lowest BCUT2D eigenvalue weighted by molar-refractivity contribution is -0.116. The fraction of sp³-hybridized carbons (Fsp3) is 0.500. The fourth-order valence-corrected chi connectivity index (χ4v) is 2.47. The maximum atomic E-state index is 12.0. The highest BCUT2D eigenvalue weighted by atomic mass is 79.9. The second kappa shape index (κ2) is 7.50. The van der Waals surface area contributed by atoms with Crippen LogP contribution in [0.15, 0.2) is 16.6 Å². The van der Waals surface area contributed by atoms with Crippen molar-refractivity contribution in [2.24, 2.45) is 0 Å². The molecule has 1 rings (SSSR count). The van der Waals surface area contributed by atoms with Crippen LogP contribution in [0.2, 0.25) is 0 Å². The molecule has 19 heavy (non-hydrogen) atoms. The molecule has 1 atom stereocenters. The van der Waals surface area contributed by atoms with Crippen LogP contribution in [0.5, 0.6) is 5.75 Å². The maximum Gasteiger partial charge on any atom is 0.226 e. The van der Waals surface area contributed by atoms with Gasteiger partial charge in [-0.1, -0.05) is 22.9 Å². The zero-order valence-electron chi connectivity index (χ0n) is 11.8. The van der Waals surface area contributed by atoms with Gasteiger partial charge in [0, 0.05) is 16.9 Å². The summed E-state index contributed by atoms with van der Waals surface area (Å²) in [6.07, 6.45) is 0.437. The van der Waals surface area contributed by atoms with Crippen LogP contribution in [-0.2, 0) is 4.79 Å². The van der Waals surface area contributed by atoms with Crippen molar-refractivity contribution in [1.82, 2.24) is 5.32 Å². The second-order valence-electron chi connectivity index (χ2n) is 4.51. The number of halogens is 1. The van der Waals surface area contributed by atoms with Gasteiger partial charge in [0.25, 0.3) is 0 Å². The van der Waals surface area contributed by atoms with Gasteiger partial charge in [0.2, 0.25) is 5.91 Å². The zero-order valence-corrected chi connectivity index (χ0v) is 13.4. The number of hydrogen-bond acceptors (Lipinski definition) is 3. The molecule has 0 saturated heterocycles. The average Bonchev–Trinajstić information content (AvgIpc) is 2.32. The first-order chi connectivity index (χ1) is 8.97. The number of methoxy groups -OCH3 is 1. The lowest BCUT2D eigenvalue weighted by Crippen LogP contribution is -2.30. The van der Waals surface area contributed by atoms with Crippen molar-refractivity contribution in [1.29, 1.82) is 0 Å². The van der Waals surface area contributed by atoms with Gasteiger partial charge in [0.1, 0.15) is 5.75 Å². The second-order valence-corrected chi connectivity index (χ2v) is 5.43. The van der Waals surface area contributed by atoms with Gasteiger partial charge in [0.15, 0.2) is 0 Å². The SMILES string of the molecule is CCNC(C)CC(=O)Nc1c(C)cc(Br)cc1OC. The molecule has 0 aliphatic rings. The molecule has 106 valence electrons. The van der Waals surface area contributed by atoms with Gasteiger partial charge in [-0.3, -0.25) is 4.79 Å². The number of nitrogens with one attached hydrogen (secondary N) is 2. The molecule has 1 unspecified atom stereocenters. The number of aryl methyl sites for hydroxylation is 1. The Morgan fingerprint density at radius 3 is 2.74 bits per heavy atom. The Morgan fingerprint density at radius 2 is 2.16 bits per heavy atom. The number of benzene rings is 1. The molecule has 0 radical (unpaired) electrons. The highest BCUT2D eigenvalue weighted by Crippen LogP contribution is 2.32. The van der Waals surface area contributed by atoms with Gasteiger partial charge in [-0.15, -0.1) is 0 Å². The Hall–Kier alpha value is -1.07. The average molecular weight is 329 g/mol. The highest BCUT2D eigenvalue weighted by Gasteiger charge is 2.13. The molecule has 0 heterocycles. The van der Waals surface area contributed by atoms with Crippen LogP contribution in [0, 0.1) is 6.92 Å². The van der Waals surface area contributed by atoms with E-state index in [1.54, 1.807) is 7.11 Å². The summed E-state index contributed by atoms with van der Waals surface area (Å²) in [5, 5.41) is 6.14. The first-order valence-corrected chi connectivity index (χ1v) is 7.14. The van der Waals surface area contributed by atoms with Gasteiger partial charge in [-0.25, -0.2) is 0 Å². The Balaban J connectivity index is 2.79. The van der Waals surface area contributed by atoms with Crippen molar-refractivity contribution in [3.63, 3.8) is 0 Å². The molecule has 0 aromatic heterocycles. The topological polar surface area (TPSA) is 50.4 Å². The first-order valence-electron chi connectivity index (χ1n) is 6.35. The zero-order chi connectivity index (χ0) is 14.4. The molecular formula is C14H21BrN2O2. The Morgan fingerprint density at radius 1 is 1.47 bits per heavy atom. The number of carbonyl (C=O) groups excluding carboxylic acids is 1. The normalized spacial score (nSPS) is 12.1. The standard InChI is InChI=1S/C14H21BrN2O2/c1-5-16-10(3)7-13(18)17-14-9(2)6-11(15)8-12(14)19-4/h6,8,10,16H,5,7H2,1-4H3,(H,17,18). The summed E-state index contributed by atoms with van der Waals surface area (Å²) in [7, 11) is 1.60. The summed E-state index contributed by atoms with van der Waals surface area (Å²) in [4.78, 5) is 12.0. The number of anilines is 1. The van der Waals surface area contributed by atoms with Crippen LogP contribution < -0.4 is 15.4 Å². The summed E-state index contributed by atoms with van der Waals surface area (Å²) < 4.78 is 6.23. The lowest BCUT2D eigenvalue weighted by Gasteiger charge is -2.16. The van der Waals surface area contributed by atoms with Crippen LogP contribution in [0.4, 0.5) is 5.69 Å². The van der Waals surface area contributed by atoms with E-state index in [-0.39, 0.29) is 11.9 Å². The highest BCUT2D eigenvalue weighted by molar-refractivity contribution is 9.10. The Kier molecular flexibility index (Phi) is 6.31. The molecule has 0 saturated carbocycles. The third kappa shape index (κ3) is 4.84. The van der Waals surface area contributed by atoms with Crippen molar-refractivity contribution in [3.05, 3.63) is 22.2 Å². The Labute approximate surface area is 123 Å². The molecule has 4 nitrogen and oxygen atoms in total. The minimum atomic E-state index is -0.0165. The van der Waals surface area contributed by atoms with Crippen molar-refractivity contribution in [2.45, 2.75) is 33.2 Å². The summed E-state index contributed by atoms with van der Waals surface area (Å²) in [6, 6.07) is 3.95. The molecule has 0 spiro atoms. The van der Waals surface area contributed by atoms with Crippen LogP contribution in [0.25, 0.3) is 0 Å². The summed E-state index contributed by atoms with van der Waals surface area (Å²) in [5.41, 5.74) is 1.70. The van der Waals surface area contributed by atoms with E-state index in [0.29, 0.717) is 12.2 Å². The van der Waals surface area contributed by atoms with E-state index < -0.39 is 0 Å². The number of ether oxygens (including phenoxy) is 1. The molecule has 0 fully saturated rings. The van der Waals surface area contributed by atoms with E-state index in [9.17, 15) is 4.79 Å². The van der Waals surface area contributed by atoms with Crippen molar-refractivity contribution >= 4 is 27.5 Å². The van der Waals surface area contributed by atoms with Crippen LogP contribution in [0.1, 0.15) is 25.8 Å². The van der Waals surface area contributed by atoms with Gasteiger partial charge < -0.3 is 15.4 Å². The minimum Gasteiger partial charge on any atom is -0.495 e. The van der Waals surface area contributed by atoms with Gasteiger partial charge in [-0.05, 0) is 38.1 Å². The van der Waals surface area contributed by atoms with E-state index >= 15 is 0 Å². The molecule has 0 bridgehead atoms. The summed E-state index contributed by atoms with van der Waals surface area (Å²) in [5.74, 6) is 0.647. The first kappa shape index (κ1) is 16.0. The van der Waals surface area contributed by atoms with E-state index in [1.165, 1.54) is 0 Å². The van der Waals surface area contributed by atoms with Gasteiger partial charge in [0.05, 0.1) is 12.8 Å². The van der Waals surface area contributed by atoms with Gasteiger partial charge in [-0.2, -0.15) is 0 Å². The quantitative estimate of drug-likeness (QED) is 0.843. The van der Waals surface area contributed by atoms with E-state index in [4.69, 9.17) is 4.74 Å². The van der Waals surface area contributed by atoms with E-state index in [0.717, 1.165) is 22.3 Å².